The molecule has 1 fully saturated rings. The highest BCUT2D eigenvalue weighted by Gasteiger charge is 2.24. The lowest BCUT2D eigenvalue weighted by molar-refractivity contribution is 0.352. The molecule has 2 heteroatoms. The van der Waals surface area contributed by atoms with Crippen LogP contribution in [0.3, 0.4) is 0 Å². The van der Waals surface area contributed by atoms with Crippen LogP contribution in [0.15, 0.2) is 72.8 Å². The lowest BCUT2D eigenvalue weighted by atomic mass is 9.87. The van der Waals surface area contributed by atoms with Crippen LogP contribution in [0.5, 0.6) is 0 Å². The van der Waals surface area contributed by atoms with Crippen molar-refractivity contribution < 1.29 is 0 Å². The molecular weight excluding hydrogens is 518 g/mol. The summed E-state index contributed by atoms with van der Waals surface area (Å²) in [7, 11) is -0.445. The van der Waals surface area contributed by atoms with Crippen molar-refractivity contribution in [2.45, 2.75) is 74.7 Å². The summed E-state index contributed by atoms with van der Waals surface area (Å²) < 4.78 is 0. The van der Waals surface area contributed by atoms with E-state index in [0.717, 1.165) is 5.92 Å². The molecule has 0 radical (unpaired) electrons. The van der Waals surface area contributed by atoms with Crippen LogP contribution < -0.4 is 21.2 Å². The van der Waals surface area contributed by atoms with Gasteiger partial charge in [-0.05, 0) is 111 Å². The summed E-state index contributed by atoms with van der Waals surface area (Å²) in [6.07, 6.45) is 5.69. The topological polar surface area (TPSA) is 0 Å². The van der Waals surface area contributed by atoms with Crippen LogP contribution in [-0.4, -0.2) is 12.8 Å². The maximum Gasteiger partial charge on any atom is -0.0190 e. The van der Waals surface area contributed by atoms with Gasteiger partial charge in [0.15, 0.2) is 0 Å². The van der Waals surface area contributed by atoms with Gasteiger partial charge in [0, 0.05) is 0 Å². The molecule has 5 rings (SSSR count). The van der Waals surface area contributed by atoms with E-state index < -0.39 is 0 Å². The molecule has 0 bridgehead atoms. The third-order valence-corrected chi connectivity index (χ3v) is 12.6. The highest BCUT2D eigenvalue weighted by molar-refractivity contribution is 7.73. The number of benzene rings is 4. The van der Waals surface area contributed by atoms with Crippen molar-refractivity contribution in [2.24, 2.45) is 5.92 Å². The Morgan fingerprint density at radius 3 is 0.975 bits per heavy atom. The molecule has 4 aromatic rings. The van der Waals surface area contributed by atoms with Crippen molar-refractivity contribution in [3.63, 3.8) is 0 Å². The molecule has 0 heterocycles. The minimum atomic E-state index is -0.236. The number of hydrogen-bond donors (Lipinski definition) is 0. The zero-order chi connectivity index (χ0) is 29.0. The molecule has 0 nitrogen and oxygen atoms in total. The van der Waals surface area contributed by atoms with Crippen LogP contribution in [0, 0.1) is 61.3 Å². The summed E-state index contributed by atoms with van der Waals surface area (Å²) in [5.74, 6) is 0.952. The Balaban J connectivity index is 0.000000189. The molecule has 0 atom stereocenters. The minimum Gasteiger partial charge on any atom is -0.0563 e. The fraction of sp³-hybridized carbons (Fsp3) is 0.368. The van der Waals surface area contributed by atoms with E-state index >= 15 is 0 Å². The van der Waals surface area contributed by atoms with Crippen LogP contribution in [0.2, 0.25) is 0 Å². The van der Waals surface area contributed by atoms with Gasteiger partial charge in [-0.15, -0.1) is 0 Å². The maximum atomic E-state index is 2.43. The highest BCUT2D eigenvalue weighted by Crippen LogP contribution is 2.42. The molecule has 1 saturated carbocycles. The molecular formula is C38H48P2. The van der Waals surface area contributed by atoms with E-state index in [0.29, 0.717) is 0 Å². The van der Waals surface area contributed by atoms with Crippen molar-refractivity contribution in [3.05, 3.63) is 117 Å². The first-order valence-electron chi connectivity index (χ1n) is 14.8. The molecule has 4 aromatic carbocycles. The van der Waals surface area contributed by atoms with Gasteiger partial charge in [0.1, 0.15) is 0 Å². The molecule has 1 aliphatic rings. The first-order chi connectivity index (χ1) is 19.0. The molecule has 40 heavy (non-hydrogen) atoms. The normalized spacial score (nSPS) is 13.3. The van der Waals surface area contributed by atoms with Gasteiger partial charge >= 0.3 is 0 Å². The lowest BCUT2D eigenvalue weighted by Gasteiger charge is -2.31. The van der Waals surface area contributed by atoms with E-state index in [9.17, 15) is 0 Å². The molecule has 0 aromatic heterocycles. The Kier molecular flexibility index (Phi) is 10.4. The monoisotopic (exact) mass is 566 g/mol. The van der Waals surface area contributed by atoms with Crippen LogP contribution in [0.25, 0.3) is 0 Å². The Hall–Kier alpha value is -2.26. The van der Waals surface area contributed by atoms with Crippen molar-refractivity contribution in [1.29, 1.82) is 0 Å². The first-order valence-corrected chi connectivity index (χ1v) is 18.1. The Bertz CT molecular complexity index is 1280. The Labute approximate surface area is 247 Å². The van der Waals surface area contributed by atoms with E-state index in [-0.39, 0.29) is 15.8 Å². The standard InChI is InChI=1S/C21H27P.C17H21P/c1-15-8-16(2)11-20(10-15)22(14-19-6-5-7-19)21-12-17(3)9-18(4)13-21;1-12-6-13(2)9-16(8-12)18(5)17-10-14(3)7-15(4)11-17/h8-13,19H,5-7,14H2,1-4H3;6-11H,1-5H3. The maximum absolute atomic E-state index is 2.43. The largest absolute Gasteiger partial charge is 0.0563 e. The summed E-state index contributed by atoms with van der Waals surface area (Å²) in [5.41, 5.74) is 11.1. The molecule has 0 saturated heterocycles. The summed E-state index contributed by atoms with van der Waals surface area (Å²) in [5, 5.41) is 6.11. The van der Waals surface area contributed by atoms with E-state index in [2.05, 4.69) is 135 Å². The lowest BCUT2D eigenvalue weighted by Crippen LogP contribution is -2.23. The molecule has 0 spiro atoms. The molecule has 0 N–H and O–H groups in total. The zero-order valence-corrected chi connectivity index (χ0v) is 28.0. The summed E-state index contributed by atoms with van der Waals surface area (Å²) >= 11 is 0. The molecule has 1 aliphatic carbocycles. The van der Waals surface area contributed by atoms with Crippen molar-refractivity contribution in [2.75, 3.05) is 12.8 Å². The van der Waals surface area contributed by atoms with Crippen LogP contribution in [0.1, 0.15) is 63.8 Å². The molecule has 0 unspecified atom stereocenters. The fourth-order valence-corrected chi connectivity index (χ4v) is 10.9. The predicted octanol–water partition coefficient (Wildman–Crippen LogP) is 9.14. The van der Waals surface area contributed by atoms with E-state index in [1.807, 2.05) is 0 Å². The number of hydrogen-bond acceptors (Lipinski definition) is 0. The van der Waals surface area contributed by atoms with Crippen LogP contribution in [-0.2, 0) is 0 Å². The van der Waals surface area contributed by atoms with E-state index in [1.165, 1.54) is 80.5 Å². The second kappa shape index (κ2) is 13.6. The minimum absolute atomic E-state index is 0.210. The molecule has 0 amide bonds. The van der Waals surface area contributed by atoms with Crippen molar-refractivity contribution in [1.82, 2.24) is 0 Å². The highest BCUT2D eigenvalue weighted by atomic mass is 31.1. The summed E-state index contributed by atoms with van der Waals surface area (Å²) in [6, 6.07) is 28.1. The molecule has 0 aliphatic heterocycles. The van der Waals surface area contributed by atoms with Gasteiger partial charge < -0.3 is 0 Å². The van der Waals surface area contributed by atoms with E-state index in [1.54, 1.807) is 10.6 Å². The van der Waals surface area contributed by atoms with Gasteiger partial charge in [-0.2, -0.15) is 0 Å². The predicted molar refractivity (Wildman–Crippen MR) is 184 cm³/mol. The number of rotatable bonds is 6. The summed E-state index contributed by atoms with van der Waals surface area (Å²) in [6.45, 7) is 20.0. The first kappa shape index (κ1) is 30.7. The third kappa shape index (κ3) is 8.38. The van der Waals surface area contributed by atoms with E-state index in [4.69, 9.17) is 0 Å². The van der Waals surface area contributed by atoms with Gasteiger partial charge in [-0.3, -0.25) is 0 Å². The molecule has 210 valence electrons. The van der Waals surface area contributed by atoms with Gasteiger partial charge in [0.2, 0.25) is 0 Å². The summed E-state index contributed by atoms with van der Waals surface area (Å²) in [4.78, 5) is 0. The zero-order valence-electron chi connectivity index (χ0n) is 26.2. The van der Waals surface area contributed by atoms with Gasteiger partial charge in [-0.25, -0.2) is 0 Å². The van der Waals surface area contributed by atoms with Gasteiger partial charge in [-0.1, -0.05) is 137 Å². The second-order valence-corrected chi connectivity index (χ2v) is 16.8. The van der Waals surface area contributed by atoms with Crippen LogP contribution >= 0.6 is 15.8 Å². The van der Waals surface area contributed by atoms with Gasteiger partial charge in [0.25, 0.3) is 0 Å². The Morgan fingerprint density at radius 1 is 0.450 bits per heavy atom. The van der Waals surface area contributed by atoms with Crippen molar-refractivity contribution >= 4 is 37.1 Å². The van der Waals surface area contributed by atoms with Crippen LogP contribution in [0.4, 0.5) is 0 Å². The second-order valence-electron chi connectivity index (χ2n) is 12.4. The average Bonchev–Trinajstić information content (AvgIpc) is 2.81. The van der Waals surface area contributed by atoms with Crippen molar-refractivity contribution in [3.8, 4) is 0 Å². The number of aryl methyl sites for hydroxylation is 8. The quantitative estimate of drug-likeness (QED) is 0.204. The van der Waals surface area contributed by atoms with Gasteiger partial charge in [0.05, 0.1) is 0 Å². The third-order valence-electron chi connectivity index (χ3n) is 7.89. The average molecular weight is 567 g/mol. The fourth-order valence-electron chi connectivity index (χ4n) is 5.94. The SMILES string of the molecule is Cc1cc(C)cc(P(C)c2cc(C)cc(C)c2)c1.Cc1cc(C)cc(P(CC2CCC2)c2cc(C)cc(C)c2)c1. The Morgan fingerprint density at radius 2 is 0.725 bits per heavy atom. The smallest absolute Gasteiger partial charge is 0.0190 e.